The predicted molar refractivity (Wildman–Crippen MR) is 66.2 cm³/mol. The Kier molecular flexibility index (Phi) is 3.61. The highest BCUT2D eigenvalue weighted by Crippen LogP contribution is 2.24. The Hall–Kier alpha value is -1.58. The molecule has 1 heterocycles. The van der Waals surface area contributed by atoms with Crippen molar-refractivity contribution < 1.29 is 9.13 Å². The fourth-order valence-electron chi connectivity index (χ4n) is 1.70. The Morgan fingerprint density at radius 2 is 2.35 bits per heavy atom. The lowest BCUT2D eigenvalue weighted by Gasteiger charge is -2.16. The molecule has 92 valence electrons. The molecule has 1 aliphatic heterocycles. The molecule has 1 atom stereocenters. The molecule has 0 bridgehead atoms. The molecule has 4 heteroatoms. The minimum absolute atomic E-state index is 0.0672. The molecule has 0 saturated heterocycles. The van der Waals surface area contributed by atoms with Gasteiger partial charge in [0.15, 0.2) is 0 Å². The second-order valence-electron chi connectivity index (χ2n) is 4.11. The molecular formula is C13H17FN2O. The third kappa shape index (κ3) is 2.57. The van der Waals surface area contributed by atoms with Crippen molar-refractivity contribution in [2.45, 2.75) is 26.4 Å². The van der Waals surface area contributed by atoms with E-state index in [0.29, 0.717) is 23.7 Å². The average molecular weight is 236 g/mol. The Labute approximate surface area is 101 Å². The summed E-state index contributed by atoms with van der Waals surface area (Å²) >= 11 is 0. The van der Waals surface area contributed by atoms with Crippen LogP contribution in [0.25, 0.3) is 0 Å². The minimum atomic E-state index is -0.293. The maximum Gasteiger partial charge on any atom is 0.137 e. The number of ether oxygens (including phenoxy) is 1. The van der Waals surface area contributed by atoms with E-state index in [1.54, 1.807) is 12.1 Å². The maximum absolute atomic E-state index is 13.9. The summed E-state index contributed by atoms with van der Waals surface area (Å²) in [4.78, 5) is 4.25. The standard InChI is InChI=1S/C13H17FN2O/c1-3-9(2)17-11-6-4-5-10(14)12(11)13-15-7-8-16-13/h4-6,9H,3,7-8H2,1-2H3,(H,15,16). The van der Waals surface area contributed by atoms with Gasteiger partial charge in [0.05, 0.1) is 18.2 Å². The van der Waals surface area contributed by atoms with E-state index >= 15 is 0 Å². The number of nitrogens with zero attached hydrogens (tertiary/aromatic N) is 1. The summed E-state index contributed by atoms with van der Waals surface area (Å²) in [6.45, 7) is 5.45. The third-order valence-corrected chi connectivity index (χ3v) is 2.79. The van der Waals surface area contributed by atoms with Gasteiger partial charge in [0.25, 0.3) is 0 Å². The van der Waals surface area contributed by atoms with Gasteiger partial charge in [-0.15, -0.1) is 0 Å². The van der Waals surface area contributed by atoms with Crippen molar-refractivity contribution in [3.63, 3.8) is 0 Å². The molecule has 0 radical (unpaired) electrons. The number of hydrogen-bond acceptors (Lipinski definition) is 3. The first-order valence-corrected chi connectivity index (χ1v) is 5.96. The molecule has 0 aromatic heterocycles. The zero-order chi connectivity index (χ0) is 12.3. The topological polar surface area (TPSA) is 33.6 Å². The van der Waals surface area contributed by atoms with Crippen LogP contribution in [0.4, 0.5) is 4.39 Å². The van der Waals surface area contributed by atoms with Gasteiger partial charge in [0.2, 0.25) is 0 Å². The molecule has 0 spiro atoms. The van der Waals surface area contributed by atoms with E-state index in [1.807, 2.05) is 13.8 Å². The minimum Gasteiger partial charge on any atom is -0.490 e. The molecule has 0 saturated carbocycles. The first-order chi connectivity index (χ1) is 8.22. The Morgan fingerprint density at radius 3 is 3.00 bits per heavy atom. The normalized spacial score (nSPS) is 16.3. The van der Waals surface area contributed by atoms with Crippen LogP contribution in [-0.4, -0.2) is 25.0 Å². The molecule has 1 aromatic rings. The van der Waals surface area contributed by atoms with Crippen molar-refractivity contribution >= 4 is 5.84 Å². The van der Waals surface area contributed by atoms with Gasteiger partial charge in [0.1, 0.15) is 17.4 Å². The van der Waals surface area contributed by atoms with Crippen LogP contribution >= 0.6 is 0 Å². The van der Waals surface area contributed by atoms with E-state index in [1.165, 1.54) is 6.07 Å². The molecule has 1 aliphatic rings. The molecular weight excluding hydrogens is 219 g/mol. The lowest BCUT2D eigenvalue weighted by atomic mass is 10.1. The van der Waals surface area contributed by atoms with Crippen molar-refractivity contribution in [3.05, 3.63) is 29.6 Å². The van der Waals surface area contributed by atoms with Crippen LogP contribution in [-0.2, 0) is 0 Å². The summed E-state index contributed by atoms with van der Waals surface area (Å²) in [6, 6.07) is 4.88. The molecule has 1 aromatic carbocycles. The summed E-state index contributed by atoms with van der Waals surface area (Å²) in [5, 5.41) is 3.08. The van der Waals surface area contributed by atoms with Gasteiger partial charge in [-0.1, -0.05) is 13.0 Å². The van der Waals surface area contributed by atoms with Crippen LogP contribution in [0, 0.1) is 5.82 Å². The van der Waals surface area contributed by atoms with Gasteiger partial charge in [0, 0.05) is 6.54 Å². The molecule has 2 rings (SSSR count). The van der Waals surface area contributed by atoms with Crippen LogP contribution in [0.1, 0.15) is 25.8 Å². The molecule has 1 unspecified atom stereocenters. The van der Waals surface area contributed by atoms with Crippen LogP contribution in [0.3, 0.4) is 0 Å². The number of halogens is 1. The van der Waals surface area contributed by atoms with E-state index in [9.17, 15) is 4.39 Å². The number of aliphatic imine (C=N–C) groups is 1. The average Bonchev–Trinajstić information content (AvgIpc) is 2.82. The summed E-state index contributed by atoms with van der Waals surface area (Å²) in [6.07, 6.45) is 0.952. The van der Waals surface area contributed by atoms with E-state index < -0.39 is 0 Å². The van der Waals surface area contributed by atoms with Crippen molar-refractivity contribution in [3.8, 4) is 5.75 Å². The highest BCUT2D eigenvalue weighted by Gasteiger charge is 2.19. The van der Waals surface area contributed by atoms with Gasteiger partial charge in [-0.3, -0.25) is 4.99 Å². The van der Waals surface area contributed by atoms with Crippen molar-refractivity contribution in [1.29, 1.82) is 0 Å². The Morgan fingerprint density at radius 1 is 1.53 bits per heavy atom. The maximum atomic E-state index is 13.9. The molecule has 0 amide bonds. The number of hydrogen-bond donors (Lipinski definition) is 1. The molecule has 1 N–H and O–H groups in total. The lowest BCUT2D eigenvalue weighted by Crippen LogP contribution is -2.22. The summed E-state index contributed by atoms with van der Waals surface area (Å²) < 4.78 is 19.6. The van der Waals surface area contributed by atoms with Crippen molar-refractivity contribution in [2.75, 3.05) is 13.1 Å². The largest absolute Gasteiger partial charge is 0.490 e. The highest BCUT2D eigenvalue weighted by molar-refractivity contribution is 6.02. The third-order valence-electron chi connectivity index (χ3n) is 2.79. The molecule has 3 nitrogen and oxygen atoms in total. The van der Waals surface area contributed by atoms with Crippen LogP contribution in [0.2, 0.25) is 0 Å². The Bertz CT molecular complexity index is 431. The summed E-state index contributed by atoms with van der Waals surface area (Å²) in [5.74, 6) is 0.868. The number of rotatable bonds is 4. The lowest BCUT2D eigenvalue weighted by molar-refractivity contribution is 0.216. The van der Waals surface area contributed by atoms with E-state index in [-0.39, 0.29) is 11.9 Å². The van der Waals surface area contributed by atoms with E-state index in [4.69, 9.17) is 4.74 Å². The van der Waals surface area contributed by atoms with Crippen molar-refractivity contribution in [2.24, 2.45) is 4.99 Å². The van der Waals surface area contributed by atoms with Gasteiger partial charge in [-0.2, -0.15) is 0 Å². The highest BCUT2D eigenvalue weighted by atomic mass is 19.1. The van der Waals surface area contributed by atoms with Gasteiger partial charge >= 0.3 is 0 Å². The Balaban J connectivity index is 2.34. The zero-order valence-electron chi connectivity index (χ0n) is 10.2. The SMILES string of the molecule is CCC(C)Oc1cccc(F)c1C1=NCCN1. The van der Waals surface area contributed by atoms with E-state index in [2.05, 4.69) is 10.3 Å². The molecule has 0 aliphatic carbocycles. The monoisotopic (exact) mass is 236 g/mol. The predicted octanol–water partition coefficient (Wildman–Crippen LogP) is 2.35. The number of nitrogens with one attached hydrogen (secondary N) is 1. The second kappa shape index (κ2) is 5.17. The fourth-order valence-corrected chi connectivity index (χ4v) is 1.70. The quantitative estimate of drug-likeness (QED) is 0.870. The summed E-state index contributed by atoms with van der Waals surface area (Å²) in [7, 11) is 0. The van der Waals surface area contributed by atoms with Crippen molar-refractivity contribution in [1.82, 2.24) is 5.32 Å². The first-order valence-electron chi connectivity index (χ1n) is 5.96. The molecule has 17 heavy (non-hydrogen) atoms. The number of amidine groups is 1. The second-order valence-corrected chi connectivity index (χ2v) is 4.11. The summed E-state index contributed by atoms with van der Waals surface area (Å²) in [5.41, 5.74) is 0.449. The van der Waals surface area contributed by atoms with Gasteiger partial charge < -0.3 is 10.1 Å². The smallest absolute Gasteiger partial charge is 0.137 e. The fraction of sp³-hybridized carbons (Fsp3) is 0.462. The molecule has 0 fully saturated rings. The number of benzene rings is 1. The van der Waals surface area contributed by atoms with Crippen LogP contribution in [0.15, 0.2) is 23.2 Å². The van der Waals surface area contributed by atoms with Crippen LogP contribution < -0.4 is 10.1 Å². The van der Waals surface area contributed by atoms with E-state index in [0.717, 1.165) is 13.0 Å². The van der Waals surface area contributed by atoms with Crippen LogP contribution in [0.5, 0.6) is 5.75 Å². The zero-order valence-corrected chi connectivity index (χ0v) is 10.2. The van der Waals surface area contributed by atoms with Gasteiger partial charge in [-0.05, 0) is 25.5 Å². The van der Waals surface area contributed by atoms with Gasteiger partial charge in [-0.25, -0.2) is 4.39 Å². The first kappa shape index (κ1) is 11.9.